The molecule has 0 unspecified atom stereocenters. The average molecular weight is 477 g/mol. The van der Waals surface area contributed by atoms with Gasteiger partial charge in [-0.2, -0.15) is 0 Å². The lowest BCUT2D eigenvalue weighted by Gasteiger charge is -2.25. The van der Waals surface area contributed by atoms with Crippen molar-refractivity contribution in [3.05, 3.63) is 90.0 Å². The van der Waals surface area contributed by atoms with Gasteiger partial charge in [0.2, 0.25) is 10.0 Å². The van der Waals surface area contributed by atoms with Crippen molar-refractivity contribution in [2.45, 2.75) is 0 Å². The summed E-state index contributed by atoms with van der Waals surface area (Å²) >= 11 is 0. The van der Waals surface area contributed by atoms with E-state index in [1.165, 1.54) is 10.6 Å². The van der Waals surface area contributed by atoms with Crippen LogP contribution in [0.3, 0.4) is 0 Å². The minimum atomic E-state index is -3.47. The van der Waals surface area contributed by atoms with E-state index in [4.69, 9.17) is 0 Å². The van der Waals surface area contributed by atoms with E-state index >= 15 is 0 Å². The topological polar surface area (TPSA) is 81.8 Å². The second-order valence-corrected chi connectivity index (χ2v) is 10.3. The number of nitrogens with zero attached hydrogens (tertiary/aromatic N) is 2. The van der Waals surface area contributed by atoms with Crippen LogP contribution >= 0.6 is 0 Å². The predicted molar refractivity (Wildman–Crippen MR) is 139 cm³/mol. The number of amides is 1. The maximum Gasteiger partial charge on any atom is 0.258 e. The second kappa shape index (κ2) is 9.70. The van der Waals surface area contributed by atoms with E-state index in [1.54, 1.807) is 18.2 Å². The summed E-state index contributed by atoms with van der Waals surface area (Å²) in [7, 11) is 0.335. The molecule has 0 atom stereocenters. The minimum absolute atomic E-state index is 0.188. The standard InChI is InChI=1S/C26H28N4O3S/c1-29(2)16-17-30(34(3,32)33)21-13-9-12-20(18-21)27-25(19-10-5-4-6-11-19)24-22-14-7-8-15-23(22)28-26(24)31/h4-15,18,27H,16-17H2,1-3H3,(H,28,31)/b25-24-. The number of sulfonamides is 1. The summed E-state index contributed by atoms with van der Waals surface area (Å²) in [6.07, 6.45) is 1.21. The number of hydrogen-bond donors (Lipinski definition) is 2. The number of para-hydroxylation sites is 1. The summed E-state index contributed by atoms with van der Waals surface area (Å²) in [6.45, 7) is 0.915. The molecule has 0 saturated carbocycles. The normalized spacial score (nSPS) is 14.5. The van der Waals surface area contributed by atoms with Gasteiger partial charge in [-0.25, -0.2) is 8.42 Å². The van der Waals surface area contributed by atoms with Crippen molar-refractivity contribution in [3.63, 3.8) is 0 Å². The van der Waals surface area contributed by atoms with E-state index in [-0.39, 0.29) is 5.91 Å². The fraction of sp³-hybridized carbons (Fsp3) is 0.192. The molecule has 1 heterocycles. The number of carbonyl (C=O) groups excluding carboxylic acids is 1. The first-order valence-electron chi connectivity index (χ1n) is 10.9. The van der Waals surface area contributed by atoms with Crippen LogP contribution in [0.4, 0.5) is 17.1 Å². The van der Waals surface area contributed by atoms with Gasteiger partial charge in [0.25, 0.3) is 5.91 Å². The molecule has 2 N–H and O–H groups in total. The fourth-order valence-electron chi connectivity index (χ4n) is 3.91. The molecule has 1 aliphatic rings. The molecule has 3 aromatic rings. The highest BCUT2D eigenvalue weighted by Gasteiger charge is 2.28. The van der Waals surface area contributed by atoms with Crippen LogP contribution in [0.2, 0.25) is 0 Å². The van der Waals surface area contributed by atoms with E-state index < -0.39 is 10.0 Å². The maximum absolute atomic E-state index is 13.0. The first-order chi connectivity index (χ1) is 16.2. The molecule has 0 saturated heterocycles. The van der Waals surface area contributed by atoms with Gasteiger partial charge in [-0.3, -0.25) is 9.10 Å². The fourth-order valence-corrected chi connectivity index (χ4v) is 4.82. The Morgan fingerprint density at radius 1 is 0.912 bits per heavy atom. The maximum atomic E-state index is 13.0. The molecule has 0 bridgehead atoms. The van der Waals surface area contributed by atoms with E-state index in [1.807, 2.05) is 79.7 Å². The molecule has 8 heteroatoms. The number of hydrogen-bond acceptors (Lipinski definition) is 5. The van der Waals surface area contributed by atoms with Crippen molar-refractivity contribution >= 4 is 44.3 Å². The monoisotopic (exact) mass is 476 g/mol. The molecule has 176 valence electrons. The Balaban J connectivity index is 1.78. The lowest BCUT2D eigenvalue weighted by molar-refractivity contribution is -0.110. The Morgan fingerprint density at radius 2 is 1.62 bits per heavy atom. The van der Waals surface area contributed by atoms with Crippen molar-refractivity contribution < 1.29 is 13.2 Å². The quantitative estimate of drug-likeness (QED) is 0.481. The number of rotatable bonds is 8. The van der Waals surface area contributed by atoms with Crippen molar-refractivity contribution in [1.29, 1.82) is 0 Å². The van der Waals surface area contributed by atoms with Crippen LogP contribution < -0.4 is 14.9 Å². The zero-order chi connectivity index (χ0) is 24.3. The number of benzene rings is 3. The Hall–Kier alpha value is -3.62. The molecule has 34 heavy (non-hydrogen) atoms. The van der Waals surface area contributed by atoms with Gasteiger partial charge in [0.1, 0.15) is 0 Å². The first kappa shape index (κ1) is 23.5. The van der Waals surface area contributed by atoms with Gasteiger partial charge in [-0.1, -0.05) is 54.6 Å². The average Bonchev–Trinajstić information content (AvgIpc) is 3.13. The third-order valence-electron chi connectivity index (χ3n) is 5.54. The van der Waals surface area contributed by atoms with Gasteiger partial charge in [0.15, 0.2) is 0 Å². The highest BCUT2D eigenvalue weighted by Crippen LogP contribution is 2.37. The summed E-state index contributed by atoms with van der Waals surface area (Å²) in [4.78, 5) is 14.9. The Morgan fingerprint density at radius 3 is 2.32 bits per heavy atom. The smallest absolute Gasteiger partial charge is 0.258 e. The number of carbonyl (C=O) groups is 1. The highest BCUT2D eigenvalue weighted by molar-refractivity contribution is 7.92. The zero-order valence-electron chi connectivity index (χ0n) is 19.4. The van der Waals surface area contributed by atoms with Gasteiger partial charge in [0.05, 0.1) is 23.2 Å². The molecule has 7 nitrogen and oxygen atoms in total. The molecule has 0 aromatic heterocycles. The van der Waals surface area contributed by atoms with Gasteiger partial charge in [-0.05, 0) is 43.9 Å². The molecule has 4 rings (SSSR count). The molecule has 1 aliphatic heterocycles. The molecule has 1 amide bonds. The summed E-state index contributed by atoms with van der Waals surface area (Å²) in [6, 6.07) is 24.4. The van der Waals surface area contributed by atoms with Crippen LogP contribution in [0.25, 0.3) is 11.3 Å². The van der Waals surface area contributed by atoms with Gasteiger partial charge < -0.3 is 15.5 Å². The van der Waals surface area contributed by atoms with Crippen LogP contribution in [0.15, 0.2) is 78.9 Å². The Bertz CT molecular complexity index is 1330. The van der Waals surface area contributed by atoms with E-state index in [9.17, 15) is 13.2 Å². The lowest BCUT2D eigenvalue weighted by atomic mass is 10.00. The summed E-state index contributed by atoms with van der Waals surface area (Å²) in [5, 5.41) is 6.34. The molecule has 0 spiro atoms. The predicted octanol–water partition coefficient (Wildman–Crippen LogP) is 3.95. The second-order valence-electron chi connectivity index (χ2n) is 8.43. The van der Waals surface area contributed by atoms with Gasteiger partial charge in [0, 0.05) is 30.0 Å². The van der Waals surface area contributed by atoms with Crippen molar-refractivity contribution in [3.8, 4) is 0 Å². The van der Waals surface area contributed by atoms with Gasteiger partial charge in [-0.15, -0.1) is 0 Å². The van der Waals surface area contributed by atoms with Crippen LogP contribution in [-0.2, 0) is 14.8 Å². The van der Waals surface area contributed by atoms with Crippen molar-refractivity contribution in [1.82, 2.24) is 4.90 Å². The Kier molecular flexibility index (Phi) is 6.72. The third kappa shape index (κ3) is 5.13. The summed E-state index contributed by atoms with van der Waals surface area (Å²) < 4.78 is 26.4. The number of likely N-dealkylation sites (N-methyl/N-ethyl adjacent to an activating group) is 1. The zero-order valence-corrected chi connectivity index (χ0v) is 20.3. The number of nitrogens with one attached hydrogen (secondary N) is 2. The van der Waals surface area contributed by atoms with Gasteiger partial charge >= 0.3 is 0 Å². The van der Waals surface area contributed by atoms with Crippen molar-refractivity contribution in [2.24, 2.45) is 0 Å². The summed E-state index contributed by atoms with van der Waals surface area (Å²) in [5.74, 6) is -0.188. The molecule has 0 aliphatic carbocycles. The largest absolute Gasteiger partial charge is 0.354 e. The third-order valence-corrected chi connectivity index (χ3v) is 6.73. The minimum Gasteiger partial charge on any atom is -0.354 e. The SMILES string of the molecule is CN(C)CCN(c1cccc(N/C(=C2\C(=O)Nc3ccccc32)c2ccccc2)c1)S(C)(=O)=O. The highest BCUT2D eigenvalue weighted by atomic mass is 32.2. The molecule has 0 fully saturated rings. The first-order valence-corrected chi connectivity index (χ1v) is 12.8. The lowest BCUT2D eigenvalue weighted by Crippen LogP contribution is -2.36. The van der Waals surface area contributed by atoms with E-state index in [2.05, 4.69) is 10.6 Å². The van der Waals surface area contributed by atoms with Crippen LogP contribution in [0.5, 0.6) is 0 Å². The van der Waals surface area contributed by atoms with Crippen LogP contribution in [-0.4, -0.2) is 52.7 Å². The molecular formula is C26H28N4O3S. The number of anilines is 3. The van der Waals surface area contributed by atoms with E-state index in [0.29, 0.717) is 35.7 Å². The molecule has 3 aromatic carbocycles. The van der Waals surface area contributed by atoms with E-state index in [0.717, 1.165) is 16.8 Å². The van der Waals surface area contributed by atoms with Crippen molar-refractivity contribution in [2.75, 3.05) is 48.4 Å². The number of fused-ring (bicyclic) bond motifs is 1. The Labute approximate surface area is 200 Å². The summed E-state index contributed by atoms with van der Waals surface area (Å²) in [5.41, 5.74) is 4.86. The van der Waals surface area contributed by atoms with Crippen LogP contribution in [0, 0.1) is 0 Å². The molecule has 0 radical (unpaired) electrons. The molecular weight excluding hydrogens is 448 g/mol. The van der Waals surface area contributed by atoms with Crippen LogP contribution in [0.1, 0.15) is 11.1 Å².